The van der Waals surface area contributed by atoms with Gasteiger partial charge >= 0.3 is 0 Å². The molecule has 4 rings (SSSR count). The molecule has 1 amide bonds. The fourth-order valence-corrected chi connectivity index (χ4v) is 4.19. The molecular weight excluding hydrogens is 324 g/mol. The summed E-state index contributed by atoms with van der Waals surface area (Å²) < 4.78 is 0. The molecule has 0 bridgehead atoms. The van der Waals surface area contributed by atoms with Gasteiger partial charge in [-0.25, -0.2) is 0 Å². The number of carbonyl (C=O) groups excluding carboxylic acids is 1. The molecule has 2 aliphatic rings. The number of aromatic nitrogens is 2. The highest BCUT2D eigenvalue weighted by Crippen LogP contribution is 2.32. The van der Waals surface area contributed by atoms with Crippen LogP contribution in [-0.4, -0.2) is 40.1 Å². The summed E-state index contributed by atoms with van der Waals surface area (Å²) in [7, 11) is 0. The number of amides is 1. The Kier molecular flexibility index (Phi) is 4.87. The molecule has 0 saturated carbocycles. The number of likely N-dealkylation sites (tertiary alicyclic amines) is 1. The summed E-state index contributed by atoms with van der Waals surface area (Å²) in [6.45, 7) is 3.92. The van der Waals surface area contributed by atoms with Gasteiger partial charge in [-0.2, -0.15) is 0 Å². The smallest absolute Gasteiger partial charge is 0.274 e. The van der Waals surface area contributed by atoms with E-state index >= 15 is 0 Å². The number of anilines is 2. The molecular formula is C21H26N4O. The van der Waals surface area contributed by atoms with Gasteiger partial charge in [-0.1, -0.05) is 25.1 Å². The maximum atomic E-state index is 12.9. The number of benzene rings is 1. The predicted octanol–water partition coefficient (Wildman–Crippen LogP) is 3.97. The fourth-order valence-electron chi connectivity index (χ4n) is 4.19. The van der Waals surface area contributed by atoms with Gasteiger partial charge in [0.15, 0.2) is 11.5 Å². The number of carbonyl (C=O) groups is 1. The molecule has 1 saturated heterocycles. The summed E-state index contributed by atoms with van der Waals surface area (Å²) >= 11 is 0. The molecule has 136 valence electrons. The molecule has 5 nitrogen and oxygen atoms in total. The van der Waals surface area contributed by atoms with Crippen molar-refractivity contribution < 1.29 is 4.79 Å². The van der Waals surface area contributed by atoms with E-state index in [0.717, 1.165) is 51.0 Å². The predicted molar refractivity (Wildman–Crippen MR) is 103 cm³/mol. The van der Waals surface area contributed by atoms with Crippen LogP contribution in [0.15, 0.2) is 36.4 Å². The van der Waals surface area contributed by atoms with Gasteiger partial charge < -0.3 is 9.80 Å². The van der Waals surface area contributed by atoms with Crippen molar-refractivity contribution in [1.29, 1.82) is 0 Å². The van der Waals surface area contributed by atoms with E-state index < -0.39 is 0 Å². The molecule has 0 aliphatic carbocycles. The van der Waals surface area contributed by atoms with E-state index in [1.165, 1.54) is 17.7 Å². The number of rotatable bonds is 3. The van der Waals surface area contributed by atoms with Gasteiger partial charge in [0.25, 0.3) is 5.91 Å². The first-order valence-corrected chi connectivity index (χ1v) is 9.78. The Balaban J connectivity index is 1.55. The lowest BCUT2D eigenvalue weighted by Crippen LogP contribution is -2.43. The third-order valence-electron chi connectivity index (χ3n) is 5.62. The minimum Gasteiger partial charge on any atom is -0.334 e. The Labute approximate surface area is 155 Å². The van der Waals surface area contributed by atoms with Crippen LogP contribution in [0, 0.1) is 0 Å². The van der Waals surface area contributed by atoms with Crippen LogP contribution in [0.4, 0.5) is 11.5 Å². The van der Waals surface area contributed by atoms with Gasteiger partial charge in [0.05, 0.1) is 0 Å². The number of nitrogens with zero attached hydrogens (tertiary/aromatic N) is 4. The van der Waals surface area contributed by atoms with E-state index in [-0.39, 0.29) is 5.91 Å². The van der Waals surface area contributed by atoms with E-state index in [2.05, 4.69) is 46.3 Å². The Morgan fingerprint density at radius 2 is 1.96 bits per heavy atom. The number of para-hydroxylation sites is 1. The zero-order valence-corrected chi connectivity index (χ0v) is 15.4. The minimum absolute atomic E-state index is 0.0228. The number of aryl methyl sites for hydroxylation is 1. The number of fused-ring (bicyclic) bond motifs is 1. The first kappa shape index (κ1) is 17.0. The van der Waals surface area contributed by atoms with Gasteiger partial charge in [0.1, 0.15) is 0 Å². The Morgan fingerprint density at radius 3 is 2.77 bits per heavy atom. The number of hydrogen-bond donors (Lipinski definition) is 0. The van der Waals surface area contributed by atoms with Crippen LogP contribution >= 0.6 is 0 Å². The summed E-state index contributed by atoms with van der Waals surface area (Å²) in [5, 5.41) is 8.68. The second-order valence-corrected chi connectivity index (χ2v) is 7.22. The molecule has 1 aromatic carbocycles. The lowest BCUT2D eigenvalue weighted by molar-refractivity contribution is 0.0601. The molecule has 0 N–H and O–H groups in total. The van der Waals surface area contributed by atoms with E-state index in [9.17, 15) is 4.79 Å². The van der Waals surface area contributed by atoms with Crippen molar-refractivity contribution in [3.63, 3.8) is 0 Å². The Morgan fingerprint density at radius 1 is 1.08 bits per heavy atom. The lowest BCUT2D eigenvalue weighted by Gasteiger charge is -2.35. The molecule has 3 heterocycles. The molecule has 1 aromatic heterocycles. The van der Waals surface area contributed by atoms with Crippen molar-refractivity contribution in [1.82, 2.24) is 15.1 Å². The normalized spacial score (nSPS) is 20.0. The zero-order valence-electron chi connectivity index (χ0n) is 15.4. The highest BCUT2D eigenvalue weighted by molar-refractivity contribution is 5.92. The van der Waals surface area contributed by atoms with Crippen molar-refractivity contribution >= 4 is 17.4 Å². The Hall–Kier alpha value is -2.43. The van der Waals surface area contributed by atoms with Crippen LogP contribution in [0.2, 0.25) is 0 Å². The van der Waals surface area contributed by atoms with Gasteiger partial charge in [-0.3, -0.25) is 4.79 Å². The number of piperidine rings is 1. The molecule has 1 atom stereocenters. The van der Waals surface area contributed by atoms with E-state index in [4.69, 9.17) is 0 Å². The van der Waals surface area contributed by atoms with Gasteiger partial charge in [-0.15, -0.1) is 10.2 Å². The van der Waals surface area contributed by atoms with Crippen molar-refractivity contribution in [2.24, 2.45) is 0 Å². The highest BCUT2D eigenvalue weighted by atomic mass is 16.2. The molecule has 2 aliphatic heterocycles. The standard InChI is InChI=1S/C21H26N4O/c1-2-17-10-5-6-14-24(17)21(26)18-12-13-20(23-22-18)25-15-7-9-16-8-3-4-11-19(16)25/h3-4,8,11-13,17H,2,5-7,9-10,14-15H2,1H3. The fraction of sp³-hybridized carbons (Fsp3) is 0.476. The Bertz CT molecular complexity index is 774. The summed E-state index contributed by atoms with van der Waals surface area (Å²) in [5.41, 5.74) is 3.01. The van der Waals surface area contributed by atoms with E-state index in [0.29, 0.717) is 11.7 Å². The monoisotopic (exact) mass is 350 g/mol. The molecule has 1 unspecified atom stereocenters. The van der Waals surface area contributed by atoms with Gasteiger partial charge in [-0.05, 0) is 62.3 Å². The maximum Gasteiger partial charge on any atom is 0.274 e. The van der Waals surface area contributed by atoms with E-state index in [1.807, 2.05) is 17.0 Å². The van der Waals surface area contributed by atoms with Crippen molar-refractivity contribution in [3.05, 3.63) is 47.7 Å². The minimum atomic E-state index is 0.0228. The SMILES string of the molecule is CCC1CCCCN1C(=O)c1ccc(N2CCCc3ccccc32)nn1. The summed E-state index contributed by atoms with van der Waals surface area (Å²) in [4.78, 5) is 17.1. The second kappa shape index (κ2) is 7.44. The topological polar surface area (TPSA) is 49.3 Å². The van der Waals surface area contributed by atoms with Crippen LogP contribution in [0.3, 0.4) is 0 Å². The van der Waals surface area contributed by atoms with Crippen LogP contribution in [0.1, 0.15) is 55.1 Å². The maximum absolute atomic E-state index is 12.9. The van der Waals surface area contributed by atoms with Crippen LogP contribution in [-0.2, 0) is 6.42 Å². The first-order valence-electron chi connectivity index (χ1n) is 9.78. The van der Waals surface area contributed by atoms with Crippen LogP contribution in [0.5, 0.6) is 0 Å². The summed E-state index contributed by atoms with van der Waals surface area (Å²) in [5.74, 6) is 0.842. The molecule has 26 heavy (non-hydrogen) atoms. The first-order chi connectivity index (χ1) is 12.8. The lowest BCUT2D eigenvalue weighted by atomic mass is 9.99. The third kappa shape index (κ3) is 3.18. The average molecular weight is 350 g/mol. The van der Waals surface area contributed by atoms with Crippen LogP contribution in [0.25, 0.3) is 0 Å². The van der Waals surface area contributed by atoms with E-state index in [1.54, 1.807) is 0 Å². The molecule has 2 aromatic rings. The molecule has 0 radical (unpaired) electrons. The van der Waals surface area contributed by atoms with Crippen molar-refractivity contribution in [2.45, 2.75) is 51.5 Å². The molecule has 1 fully saturated rings. The molecule has 5 heteroatoms. The third-order valence-corrected chi connectivity index (χ3v) is 5.62. The van der Waals surface area contributed by atoms with Crippen molar-refractivity contribution in [3.8, 4) is 0 Å². The van der Waals surface area contributed by atoms with Gasteiger partial charge in [0.2, 0.25) is 0 Å². The summed E-state index contributed by atoms with van der Waals surface area (Å²) in [6.07, 6.45) is 6.59. The molecule has 0 spiro atoms. The van der Waals surface area contributed by atoms with Crippen LogP contribution < -0.4 is 4.90 Å². The quantitative estimate of drug-likeness (QED) is 0.840. The average Bonchev–Trinajstić information content (AvgIpc) is 2.73. The largest absolute Gasteiger partial charge is 0.334 e. The summed E-state index contributed by atoms with van der Waals surface area (Å²) in [6, 6.07) is 12.6. The second-order valence-electron chi connectivity index (χ2n) is 7.22. The number of hydrogen-bond acceptors (Lipinski definition) is 4. The zero-order chi connectivity index (χ0) is 17.9. The van der Waals surface area contributed by atoms with Gasteiger partial charge in [0, 0.05) is 24.8 Å². The highest BCUT2D eigenvalue weighted by Gasteiger charge is 2.27. The van der Waals surface area contributed by atoms with Crippen molar-refractivity contribution in [2.75, 3.05) is 18.0 Å².